The lowest BCUT2D eigenvalue weighted by atomic mass is 9.59. The molecule has 3 aromatic rings. The van der Waals surface area contributed by atoms with Gasteiger partial charge in [-0.1, -0.05) is 35.9 Å². The van der Waals surface area contributed by atoms with E-state index in [1.165, 1.54) is 18.4 Å². The zero-order valence-corrected chi connectivity index (χ0v) is 31.8. The molecule has 0 bridgehead atoms. The van der Waals surface area contributed by atoms with E-state index in [0.717, 1.165) is 62.4 Å². The second kappa shape index (κ2) is 14.4. The van der Waals surface area contributed by atoms with Crippen LogP contribution >= 0.6 is 11.6 Å². The molecular weight excluding hydrogens is 732 g/mol. The Kier molecular flexibility index (Phi) is 9.33. The highest BCUT2D eigenvalue weighted by Crippen LogP contribution is 2.53. The molecule has 5 amide bonds. The van der Waals surface area contributed by atoms with Crippen LogP contribution in [0.2, 0.25) is 5.02 Å². The fourth-order valence-electron chi connectivity index (χ4n) is 9.71. The molecule has 0 aromatic heterocycles. The molecule has 1 unspecified atom stereocenters. The Bertz CT molecular complexity index is 2160. The van der Waals surface area contributed by atoms with Crippen molar-refractivity contribution in [1.82, 2.24) is 20.0 Å². The predicted octanol–water partition coefficient (Wildman–Crippen LogP) is 5.82. The summed E-state index contributed by atoms with van der Waals surface area (Å²) >= 11 is 6.17. The van der Waals surface area contributed by atoms with Crippen LogP contribution in [0.25, 0.3) is 4.85 Å². The van der Waals surface area contributed by atoms with Crippen LogP contribution in [0.15, 0.2) is 60.7 Å². The standard InChI is InChI=1S/C43H43ClN6O6/c1-45-34-10-9-31(21-33(34)44)56-30-13-17-48(18-14-30)40(53)27-7-5-26(6-8-27)28-24-49(25-28)29-22-43(23-29)15-19-47(20-16-43)35-4-2-3-32-38(35)42(55)50(41(32)54)36-11-12-37(51)46-39(36)52/h2-10,21,28-30,36H,11-20,22-25H2,(H,46,51,52). The number of nitrogens with one attached hydrogen (secondary N) is 1. The molecule has 56 heavy (non-hydrogen) atoms. The van der Waals surface area contributed by atoms with Crippen LogP contribution in [0.4, 0.5) is 11.4 Å². The highest BCUT2D eigenvalue weighted by atomic mass is 35.5. The molecule has 1 atom stereocenters. The molecule has 4 saturated heterocycles. The fourth-order valence-corrected chi connectivity index (χ4v) is 9.92. The van der Waals surface area contributed by atoms with Crippen molar-refractivity contribution >= 4 is 52.5 Å². The highest BCUT2D eigenvalue weighted by molar-refractivity contribution is 6.33. The van der Waals surface area contributed by atoms with E-state index in [-0.39, 0.29) is 30.8 Å². The maximum absolute atomic E-state index is 13.6. The smallest absolute Gasteiger partial charge is 0.264 e. The number of carbonyl (C=O) groups is 5. The quantitative estimate of drug-likeness (QED) is 0.235. The van der Waals surface area contributed by atoms with E-state index < -0.39 is 23.8 Å². The molecule has 1 saturated carbocycles. The third-order valence-corrected chi connectivity index (χ3v) is 13.4. The van der Waals surface area contributed by atoms with Crippen LogP contribution in [-0.4, -0.2) is 102 Å². The minimum atomic E-state index is -0.972. The van der Waals surface area contributed by atoms with Crippen LogP contribution in [0.1, 0.15) is 93.9 Å². The van der Waals surface area contributed by atoms with Gasteiger partial charge < -0.3 is 14.5 Å². The van der Waals surface area contributed by atoms with E-state index in [0.29, 0.717) is 63.6 Å². The number of hydrogen-bond acceptors (Lipinski definition) is 8. The van der Waals surface area contributed by atoms with E-state index in [1.54, 1.807) is 24.3 Å². The van der Waals surface area contributed by atoms with Gasteiger partial charge in [0.25, 0.3) is 17.7 Å². The summed E-state index contributed by atoms with van der Waals surface area (Å²) < 4.78 is 6.10. The molecule has 1 spiro atoms. The minimum Gasteiger partial charge on any atom is -0.490 e. The Morgan fingerprint density at radius 3 is 2.30 bits per heavy atom. The topological polar surface area (TPSA) is 124 Å². The number of likely N-dealkylation sites (tertiary alicyclic amines) is 2. The molecule has 1 N–H and O–H groups in total. The highest BCUT2D eigenvalue weighted by Gasteiger charge is 2.51. The van der Waals surface area contributed by atoms with Gasteiger partial charge in [0, 0.05) is 76.1 Å². The summed E-state index contributed by atoms with van der Waals surface area (Å²) in [5.74, 6) is -0.756. The summed E-state index contributed by atoms with van der Waals surface area (Å²) in [6, 6.07) is 18.2. The maximum Gasteiger partial charge on any atom is 0.264 e. The Hall–Kier alpha value is -5.25. The van der Waals surface area contributed by atoms with E-state index >= 15 is 0 Å². The number of anilines is 1. The molecule has 288 valence electrons. The molecule has 0 radical (unpaired) electrons. The number of ether oxygens (including phenoxy) is 1. The molecule has 13 heteroatoms. The number of nitrogens with zero attached hydrogens (tertiary/aromatic N) is 5. The molecule has 12 nitrogen and oxygen atoms in total. The van der Waals surface area contributed by atoms with Gasteiger partial charge in [-0.25, -0.2) is 4.85 Å². The first kappa shape index (κ1) is 36.4. The zero-order valence-electron chi connectivity index (χ0n) is 31.0. The Morgan fingerprint density at radius 2 is 1.62 bits per heavy atom. The van der Waals surface area contributed by atoms with E-state index in [2.05, 4.69) is 32.1 Å². The van der Waals surface area contributed by atoms with Crippen molar-refractivity contribution in [2.75, 3.05) is 44.2 Å². The van der Waals surface area contributed by atoms with E-state index in [1.807, 2.05) is 29.2 Å². The number of halogens is 1. The first-order valence-corrected chi connectivity index (χ1v) is 20.0. The van der Waals surface area contributed by atoms with Crippen molar-refractivity contribution in [3.05, 3.63) is 99.4 Å². The Balaban J connectivity index is 0.729. The summed E-state index contributed by atoms with van der Waals surface area (Å²) in [5.41, 5.74) is 4.13. The Morgan fingerprint density at radius 1 is 0.893 bits per heavy atom. The van der Waals surface area contributed by atoms with Crippen LogP contribution in [0.3, 0.4) is 0 Å². The second-order valence-electron chi connectivity index (χ2n) is 16.3. The number of rotatable bonds is 7. The molecule has 6 aliphatic rings. The van der Waals surface area contributed by atoms with Gasteiger partial charge in [0.1, 0.15) is 17.9 Å². The average molecular weight is 775 g/mol. The van der Waals surface area contributed by atoms with Crippen molar-refractivity contribution in [3.63, 3.8) is 0 Å². The van der Waals surface area contributed by atoms with Crippen molar-refractivity contribution in [2.45, 2.75) is 75.5 Å². The largest absolute Gasteiger partial charge is 0.490 e. The lowest BCUT2D eigenvalue weighted by Crippen LogP contribution is -2.60. The first-order valence-electron chi connectivity index (χ1n) is 19.7. The molecule has 1 aliphatic carbocycles. The summed E-state index contributed by atoms with van der Waals surface area (Å²) in [6.07, 6.45) is 6.07. The number of piperidine rings is 3. The number of fused-ring (bicyclic) bond motifs is 1. The number of amides is 5. The predicted molar refractivity (Wildman–Crippen MR) is 208 cm³/mol. The number of benzene rings is 3. The third-order valence-electron chi connectivity index (χ3n) is 13.1. The SMILES string of the molecule is [C-]#[N+]c1ccc(OC2CCN(C(=O)c3ccc(C4CN(C5CC6(CCN(c7cccc8c7C(=O)N(C7CCC(=O)NC7=O)C8=O)CC6)C5)C4)cc3)CC2)cc1Cl. The van der Waals surface area contributed by atoms with Crippen molar-refractivity contribution in [1.29, 1.82) is 0 Å². The van der Waals surface area contributed by atoms with Crippen molar-refractivity contribution in [3.8, 4) is 5.75 Å². The van der Waals surface area contributed by atoms with Gasteiger partial charge in [-0.3, -0.25) is 39.1 Å². The van der Waals surface area contributed by atoms with Crippen LogP contribution in [0, 0.1) is 12.0 Å². The number of imide groups is 2. The van der Waals surface area contributed by atoms with Crippen LogP contribution in [0.5, 0.6) is 5.75 Å². The first-order chi connectivity index (χ1) is 27.1. The maximum atomic E-state index is 13.6. The van der Waals surface area contributed by atoms with Crippen molar-refractivity contribution < 1.29 is 28.7 Å². The summed E-state index contributed by atoms with van der Waals surface area (Å²) in [6.45, 7) is 12.1. The normalized spacial score (nSPS) is 23.1. The average Bonchev–Trinajstić information content (AvgIpc) is 3.43. The molecular formula is C43H43ClN6O6. The number of carbonyl (C=O) groups excluding carboxylic acids is 5. The monoisotopic (exact) mass is 774 g/mol. The molecule has 5 fully saturated rings. The van der Waals surface area contributed by atoms with Crippen LogP contribution < -0.4 is 15.0 Å². The van der Waals surface area contributed by atoms with E-state index in [4.69, 9.17) is 22.9 Å². The van der Waals surface area contributed by atoms with Gasteiger partial charge >= 0.3 is 0 Å². The van der Waals surface area contributed by atoms with Crippen molar-refractivity contribution in [2.24, 2.45) is 5.41 Å². The number of hydrogen-bond donors (Lipinski definition) is 1. The molecule has 5 aliphatic heterocycles. The van der Waals surface area contributed by atoms with Gasteiger partial charge in [0.05, 0.1) is 28.4 Å². The molecule has 9 rings (SSSR count). The Labute approximate surface area is 330 Å². The zero-order chi connectivity index (χ0) is 38.7. The molecule has 5 heterocycles. The third kappa shape index (κ3) is 6.50. The second-order valence-corrected chi connectivity index (χ2v) is 16.7. The van der Waals surface area contributed by atoms with Gasteiger partial charge in [0.2, 0.25) is 17.5 Å². The van der Waals surface area contributed by atoms with Gasteiger partial charge in [-0.05, 0) is 79.5 Å². The van der Waals surface area contributed by atoms with Gasteiger partial charge in [-0.2, -0.15) is 0 Å². The summed E-state index contributed by atoms with van der Waals surface area (Å²) in [7, 11) is 0. The van der Waals surface area contributed by atoms with Gasteiger partial charge in [-0.15, -0.1) is 0 Å². The van der Waals surface area contributed by atoms with E-state index in [9.17, 15) is 24.0 Å². The van der Waals surface area contributed by atoms with Crippen LogP contribution in [-0.2, 0) is 9.59 Å². The summed E-state index contributed by atoms with van der Waals surface area (Å²) in [4.78, 5) is 75.7. The minimum absolute atomic E-state index is 0.00650. The summed E-state index contributed by atoms with van der Waals surface area (Å²) in [5, 5.41) is 2.65. The van der Waals surface area contributed by atoms with Gasteiger partial charge in [0.15, 0.2) is 0 Å². The fraction of sp³-hybridized carbons (Fsp3) is 0.442. The lowest BCUT2D eigenvalue weighted by Gasteiger charge is -2.58. The lowest BCUT2D eigenvalue weighted by molar-refractivity contribution is -0.136. The molecule has 3 aromatic carbocycles.